The van der Waals surface area contributed by atoms with Gasteiger partial charge < -0.3 is 15.3 Å². The maximum atomic E-state index is 11.0. The molecule has 0 aliphatic heterocycles. The smallest absolute Gasteiger partial charge is 0.317 e. The highest BCUT2D eigenvalue weighted by Crippen LogP contribution is 1.90. The first-order valence-electron chi connectivity index (χ1n) is 3.83. The molecule has 2 amide bonds. The van der Waals surface area contributed by atoms with Gasteiger partial charge in [0.2, 0.25) is 0 Å². The van der Waals surface area contributed by atoms with E-state index in [-0.39, 0.29) is 12.6 Å². The minimum absolute atomic E-state index is 0.0825. The Kier molecular flexibility index (Phi) is 5.56. The normalized spacial score (nSPS) is 9.36. The molecule has 0 saturated carbocycles. The van der Waals surface area contributed by atoms with Crippen LogP contribution in [0.5, 0.6) is 0 Å². The van der Waals surface area contributed by atoms with Gasteiger partial charge >= 0.3 is 6.03 Å². The largest absolute Gasteiger partial charge is 0.396 e. The summed E-state index contributed by atoms with van der Waals surface area (Å²) in [5.41, 5.74) is 0. The highest BCUT2D eigenvalue weighted by Gasteiger charge is 2.06. The summed E-state index contributed by atoms with van der Waals surface area (Å²) in [5.74, 6) is 0. The first kappa shape index (κ1) is 10.2. The second-order valence-electron chi connectivity index (χ2n) is 2.21. The molecular formula is C7H16N2O2. The summed E-state index contributed by atoms with van der Waals surface area (Å²) in [6, 6.07) is -0.0825. The van der Waals surface area contributed by atoms with Gasteiger partial charge in [-0.1, -0.05) is 0 Å². The number of carbonyl (C=O) groups excluding carboxylic acids is 1. The molecule has 2 N–H and O–H groups in total. The molecule has 0 bridgehead atoms. The topological polar surface area (TPSA) is 52.6 Å². The van der Waals surface area contributed by atoms with E-state index in [2.05, 4.69) is 5.32 Å². The highest BCUT2D eigenvalue weighted by atomic mass is 16.3. The van der Waals surface area contributed by atoms with Crippen molar-refractivity contribution >= 4 is 6.03 Å². The van der Waals surface area contributed by atoms with Gasteiger partial charge in [0, 0.05) is 26.7 Å². The Balaban J connectivity index is 3.65. The van der Waals surface area contributed by atoms with Gasteiger partial charge in [0.05, 0.1) is 0 Å². The van der Waals surface area contributed by atoms with E-state index >= 15 is 0 Å². The van der Waals surface area contributed by atoms with Crippen LogP contribution in [0.25, 0.3) is 0 Å². The van der Waals surface area contributed by atoms with Crippen LogP contribution < -0.4 is 5.32 Å². The van der Waals surface area contributed by atoms with Crippen LogP contribution in [0.1, 0.15) is 13.3 Å². The summed E-state index contributed by atoms with van der Waals surface area (Å²) in [5, 5.41) is 11.0. The first-order valence-corrected chi connectivity index (χ1v) is 3.83. The van der Waals surface area contributed by atoms with Crippen LogP contribution in [-0.2, 0) is 0 Å². The van der Waals surface area contributed by atoms with E-state index in [1.54, 1.807) is 11.9 Å². The predicted molar refractivity (Wildman–Crippen MR) is 43.4 cm³/mol. The quantitative estimate of drug-likeness (QED) is 0.609. The van der Waals surface area contributed by atoms with Crippen LogP contribution in [0.15, 0.2) is 0 Å². The molecule has 0 aliphatic rings. The van der Waals surface area contributed by atoms with E-state index in [0.717, 1.165) is 0 Å². The lowest BCUT2D eigenvalue weighted by Gasteiger charge is -2.19. The fourth-order valence-electron chi connectivity index (χ4n) is 0.823. The van der Waals surface area contributed by atoms with E-state index in [9.17, 15) is 4.79 Å². The van der Waals surface area contributed by atoms with Gasteiger partial charge in [0.25, 0.3) is 0 Å². The number of carbonyl (C=O) groups is 1. The molecule has 0 aromatic carbocycles. The molecule has 0 aromatic heterocycles. The fraction of sp³-hybridized carbons (Fsp3) is 0.857. The Morgan fingerprint density at radius 2 is 2.27 bits per heavy atom. The summed E-state index contributed by atoms with van der Waals surface area (Å²) in [4.78, 5) is 12.6. The number of hydrogen-bond acceptors (Lipinski definition) is 2. The molecule has 0 spiro atoms. The summed E-state index contributed by atoms with van der Waals surface area (Å²) in [6.45, 7) is 3.34. The van der Waals surface area contributed by atoms with Gasteiger partial charge in [-0.25, -0.2) is 4.79 Å². The Labute approximate surface area is 67.2 Å². The second kappa shape index (κ2) is 5.97. The van der Waals surface area contributed by atoms with Crippen LogP contribution >= 0.6 is 0 Å². The molecule has 0 saturated heterocycles. The third-order valence-electron chi connectivity index (χ3n) is 1.47. The Morgan fingerprint density at radius 1 is 1.64 bits per heavy atom. The number of aliphatic hydroxyl groups is 1. The van der Waals surface area contributed by atoms with Gasteiger partial charge in [-0.15, -0.1) is 0 Å². The van der Waals surface area contributed by atoms with Crippen LogP contribution in [-0.4, -0.2) is 42.8 Å². The monoisotopic (exact) mass is 160 g/mol. The van der Waals surface area contributed by atoms with E-state index in [1.165, 1.54) is 0 Å². The zero-order valence-corrected chi connectivity index (χ0v) is 7.13. The number of aliphatic hydroxyl groups excluding tert-OH is 1. The Morgan fingerprint density at radius 3 is 2.64 bits per heavy atom. The molecule has 0 heterocycles. The SMILES string of the molecule is CCN(CCCO)C(=O)NC. The molecule has 4 nitrogen and oxygen atoms in total. The number of hydrogen-bond donors (Lipinski definition) is 2. The zero-order valence-electron chi connectivity index (χ0n) is 7.13. The standard InChI is InChI=1S/C7H16N2O2/c1-3-9(5-4-6-10)7(11)8-2/h10H,3-6H2,1-2H3,(H,8,11). The van der Waals surface area contributed by atoms with Crippen molar-refractivity contribution in [3.8, 4) is 0 Å². The molecular weight excluding hydrogens is 144 g/mol. The van der Waals surface area contributed by atoms with E-state index < -0.39 is 0 Å². The number of nitrogens with zero attached hydrogens (tertiary/aromatic N) is 1. The van der Waals surface area contributed by atoms with Crippen molar-refractivity contribution in [3.63, 3.8) is 0 Å². The van der Waals surface area contributed by atoms with Crippen molar-refractivity contribution in [1.29, 1.82) is 0 Å². The summed E-state index contributed by atoms with van der Waals surface area (Å²) < 4.78 is 0. The van der Waals surface area contributed by atoms with Crippen molar-refractivity contribution in [3.05, 3.63) is 0 Å². The van der Waals surface area contributed by atoms with Crippen molar-refractivity contribution in [1.82, 2.24) is 10.2 Å². The van der Waals surface area contributed by atoms with Crippen molar-refractivity contribution in [2.24, 2.45) is 0 Å². The summed E-state index contributed by atoms with van der Waals surface area (Å²) in [6.07, 6.45) is 0.640. The number of rotatable bonds is 4. The van der Waals surface area contributed by atoms with E-state index in [0.29, 0.717) is 19.5 Å². The molecule has 4 heteroatoms. The predicted octanol–water partition coefficient (Wildman–Crippen LogP) is 0.0301. The van der Waals surface area contributed by atoms with Gasteiger partial charge in [0.15, 0.2) is 0 Å². The van der Waals surface area contributed by atoms with E-state index in [1.807, 2.05) is 6.92 Å². The van der Waals surface area contributed by atoms with Gasteiger partial charge in [-0.2, -0.15) is 0 Å². The maximum absolute atomic E-state index is 11.0. The van der Waals surface area contributed by atoms with Crippen LogP contribution in [0.2, 0.25) is 0 Å². The molecule has 66 valence electrons. The average molecular weight is 160 g/mol. The van der Waals surface area contributed by atoms with Crippen LogP contribution in [0, 0.1) is 0 Å². The lowest BCUT2D eigenvalue weighted by Crippen LogP contribution is -2.38. The van der Waals surface area contributed by atoms with Gasteiger partial charge in [-0.3, -0.25) is 0 Å². The highest BCUT2D eigenvalue weighted by molar-refractivity contribution is 5.73. The number of amides is 2. The number of urea groups is 1. The minimum Gasteiger partial charge on any atom is -0.396 e. The Hall–Kier alpha value is -0.770. The van der Waals surface area contributed by atoms with Crippen molar-refractivity contribution < 1.29 is 9.90 Å². The molecule has 11 heavy (non-hydrogen) atoms. The van der Waals surface area contributed by atoms with Gasteiger partial charge in [-0.05, 0) is 13.3 Å². The maximum Gasteiger partial charge on any atom is 0.317 e. The van der Waals surface area contributed by atoms with Crippen molar-refractivity contribution in [2.75, 3.05) is 26.7 Å². The lowest BCUT2D eigenvalue weighted by molar-refractivity contribution is 0.194. The lowest BCUT2D eigenvalue weighted by atomic mass is 10.4. The molecule has 0 rings (SSSR count). The molecule has 0 unspecified atom stereocenters. The average Bonchev–Trinajstić information content (AvgIpc) is 2.05. The Bertz CT molecular complexity index is 117. The third kappa shape index (κ3) is 3.83. The van der Waals surface area contributed by atoms with Crippen molar-refractivity contribution in [2.45, 2.75) is 13.3 Å². The summed E-state index contributed by atoms with van der Waals surface area (Å²) >= 11 is 0. The molecule has 0 aliphatic carbocycles. The molecule has 0 radical (unpaired) electrons. The summed E-state index contributed by atoms with van der Waals surface area (Å²) in [7, 11) is 1.60. The zero-order chi connectivity index (χ0) is 8.69. The second-order valence-corrected chi connectivity index (χ2v) is 2.21. The van der Waals surface area contributed by atoms with Crippen LogP contribution in [0.4, 0.5) is 4.79 Å². The number of nitrogens with one attached hydrogen (secondary N) is 1. The molecule has 0 atom stereocenters. The van der Waals surface area contributed by atoms with Crippen LogP contribution in [0.3, 0.4) is 0 Å². The molecule has 0 aromatic rings. The van der Waals surface area contributed by atoms with E-state index in [4.69, 9.17) is 5.11 Å². The minimum atomic E-state index is -0.0825. The first-order chi connectivity index (χ1) is 5.26. The fourth-order valence-corrected chi connectivity index (χ4v) is 0.823. The van der Waals surface area contributed by atoms with Gasteiger partial charge in [0.1, 0.15) is 0 Å². The molecule has 0 fully saturated rings. The third-order valence-corrected chi connectivity index (χ3v) is 1.47.